The number of hydrogen-bond donors (Lipinski definition) is 1. The molecule has 23 heavy (non-hydrogen) atoms. The van der Waals surface area contributed by atoms with Gasteiger partial charge in [-0.25, -0.2) is 0 Å². The molecule has 1 aromatic heterocycles. The molecule has 0 saturated heterocycles. The van der Waals surface area contributed by atoms with Crippen LogP contribution in [0.1, 0.15) is 18.4 Å². The van der Waals surface area contributed by atoms with E-state index < -0.39 is 0 Å². The average molecular weight is 319 g/mol. The maximum Gasteiger partial charge on any atom is 0.315 e. The number of anilines is 1. The molecule has 2 rings (SSSR count). The summed E-state index contributed by atoms with van der Waals surface area (Å²) < 4.78 is 15.5. The molecule has 0 aliphatic carbocycles. The number of carbonyl (C=O) groups is 1. The minimum absolute atomic E-state index is 0.289. The van der Waals surface area contributed by atoms with Crippen LogP contribution in [0.25, 0.3) is 0 Å². The van der Waals surface area contributed by atoms with Crippen LogP contribution in [0.15, 0.2) is 28.7 Å². The molecule has 0 bridgehead atoms. The Morgan fingerprint density at radius 1 is 1.30 bits per heavy atom. The fraction of sp³-hybridized carbons (Fsp3) is 0.438. The second kappa shape index (κ2) is 8.17. The van der Waals surface area contributed by atoms with Crippen molar-refractivity contribution in [3.63, 3.8) is 0 Å². The van der Waals surface area contributed by atoms with E-state index in [1.807, 2.05) is 31.2 Å². The summed E-state index contributed by atoms with van der Waals surface area (Å²) in [4.78, 5) is 12.0. The normalized spacial score (nSPS) is 11.8. The lowest BCUT2D eigenvalue weighted by Gasteiger charge is -2.15. The zero-order valence-corrected chi connectivity index (χ0v) is 13.5. The van der Waals surface area contributed by atoms with Crippen molar-refractivity contribution < 1.29 is 18.7 Å². The molecule has 0 radical (unpaired) electrons. The quantitative estimate of drug-likeness (QED) is 0.746. The van der Waals surface area contributed by atoms with Crippen molar-refractivity contribution in [1.29, 1.82) is 0 Å². The van der Waals surface area contributed by atoms with E-state index in [-0.39, 0.29) is 11.9 Å². The summed E-state index contributed by atoms with van der Waals surface area (Å²) >= 11 is 0. The highest BCUT2D eigenvalue weighted by Gasteiger charge is 2.20. The van der Waals surface area contributed by atoms with E-state index in [0.29, 0.717) is 31.5 Å². The SMILES string of the molecule is CCOc1ccc(CC(CNc2nnc(C)o2)C(=O)OC)cc1. The third-order valence-corrected chi connectivity index (χ3v) is 3.28. The monoisotopic (exact) mass is 319 g/mol. The number of hydrogen-bond acceptors (Lipinski definition) is 7. The van der Waals surface area contributed by atoms with Crippen LogP contribution in [0.4, 0.5) is 6.01 Å². The summed E-state index contributed by atoms with van der Waals surface area (Å²) in [6.07, 6.45) is 0.541. The molecule has 1 aromatic carbocycles. The molecule has 1 atom stereocenters. The van der Waals surface area contributed by atoms with Crippen molar-refractivity contribution >= 4 is 12.0 Å². The number of aromatic nitrogens is 2. The fourth-order valence-electron chi connectivity index (χ4n) is 2.16. The topological polar surface area (TPSA) is 86.5 Å². The Kier molecular flexibility index (Phi) is 5.96. The first-order chi connectivity index (χ1) is 11.1. The second-order valence-corrected chi connectivity index (χ2v) is 5.01. The van der Waals surface area contributed by atoms with Gasteiger partial charge in [-0.1, -0.05) is 17.2 Å². The first kappa shape index (κ1) is 16.8. The predicted molar refractivity (Wildman–Crippen MR) is 84.3 cm³/mol. The van der Waals surface area contributed by atoms with E-state index in [2.05, 4.69) is 15.5 Å². The molecule has 1 N–H and O–H groups in total. The molecule has 0 amide bonds. The third kappa shape index (κ3) is 4.98. The number of rotatable bonds is 8. The summed E-state index contributed by atoms with van der Waals surface area (Å²) in [7, 11) is 1.38. The van der Waals surface area contributed by atoms with E-state index in [4.69, 9.17) is 13.9 Å². The van der Waals surface area contributed by atoms with Crippen molar-refractivity contribution in [2.75, 3.05) is 25.6 Å². The molecule has 1 unspecified atom stereocenters. The van der Waals surface area contributed by atoms with Crippen molar-refractivity contribution in [2.24, 2.45) is 5.92 Å². The molecule has 124 valence electrons. The van der Waals surface area contributed by atoms with Crippen LogP contribution in [0.5, 0.6) is 5.75 Å². The molecule has 7 nitrogen and oxygen atoms in total. The molecule has 2 aromatic rings. The zero-order valence-electron chi connectivity index (χ0n) is 13.5. The number of nitrogens with zero attached hydrogens (tertiary/aromatic N) is 2. The molecule has 0 aliphatic heterocycles. The van der Waals surface area contributed by atoms with Gasteiger partial charge < -0.3 is 19.2 Å². The van der Waals surface area contributed by atoms with Gasteiger partial charge in [-0.3, -0.25) is 4.79 Å². The van der Waals surface area contributed by atoms with Crippen LogP contribution in [-0.4, -0.2) is 36.4 Å². The van der Waals surface area contributed by atoms with Gasteiger partial charge in [0.2, 0.25) is 5.89 Å². The van der Waals surface area contributed by atoms with Gasteiger partial charge in [0, 0.05) is 13.5 Å². The van der Waals surface area contributed by atoms with E-state index in [1.165, 1.54) is 7.11 Å². The first-order valence-corrected chi connectivity index (χ1v) is 7.46. The van der Waals surface area contributed by atoms with Gasteiger partial charge in [0.05, 0.1) is 19.6 Å². The Morgan fingerprint density at radius 2 is 2.04 bits per heavy atom. The van der Waals surface area contributed by atoms with Gasteiger partial charge in [-0.15, -0.1) is 5.10 Å². The standard InChI is InChI=1S/C16H21N3O4/c1-4-22-14-7-5-12(6-8-14)9-13(15(20)21-3)10-17-16-19-18-11(2)23-16/h5-8,13H,4,9-10H2,1-3H3,(H,17,19). The van der Waals surface area contributed by atoms with E-state index >= 15 is 0 Å². The molecular formula is C16H21N3O4. The van der Waals surface area contributed by atoms with Crippen LogP contribution >= 0.6 is 0 Å². The summed E-state index contributed by atoms with van der Waals surface area (Å²) in [5.41, 5.74) is 1.02. The molecule has 1 heterocycles. The Labute approximate surface area is 135 Å². The van der Waals surface area contributed by atoms with Crippen LogP contribution < -0.4 is 10.1 Å². The average Bonchev–Trinajstić information content (AvgIpc) is 2.98. The number of carbonyl (C=O) groups excluding carboxylic acids is 1. The molecule has 0 saturated carbocycles. The van der Waals surface area contributed by atoms with Gasteiger partial charge in [-0.2, -0.15) is 0 Å². The summed E-state index contributed by atoms with van der Waals surface area (Å²) in [5.74, 6) is 0.631. The fourth-order valence-corrected chi connectivity index (χ4v) is 2.16. The third-order valence-electron chi connectivity index (χ3n) is 3.28. The Balaban J connectivity index is 1.98. The lowest BCUT2D eigenvalue weighted by molar-refractivity contribution is -0.144. The summed E-state index contributed by atoms with van der Waals surface area (Å²) in [6.45, 7) is 4.61. The number of esters is 1. The second-order valence-electron chi connectivity index (χ2n) is 5.01. The van der Waals surface area contributed by atoms with Gasteiger partial charge in [0.25, 0.3) is 0 Å². The number of nitrogens with one attached hydrogen (secondary N) is 1. The number of benzene rings is 1. The van der Waals surface area contributed by atoms with Crippen LogP contribution in [-0.2, 0) is 16.0 Å². The van der Waals surface area contributed by atoms with Crippen LogP contribution in [0.3, 0.4) is 0 Å². The molecule has 0 fully saturated rings. The number of aryl methyl sites for hydroxylation is 1. The van der Waals surface area contributed by atoms with Crippen LogP contribution in [0.2, 0.25) is 0 Å². The van der Waals surface area contributed by atoms with Gasteiger partial charge in [0.15, 0.2) is 0 Å². The minimum Gasteiger partial charge on any atom is -0.494 e. The Bertz CT molecular complexity index is 625. The molecule has 7 heteroatoms. The molecule has 0 spiro atoms. The van der Waals surface area contributed by atoms with Crippen molar-refractivity contribution in [3.8, 4) is 5.75 Å². The van der Waals surface area contributed by atoms with Crippen LogP contribution in [0, 0.1) is 12.8 Å². The Hall–Kier alpha value is -2.57. The summed E-state index contributed by atoms with van der Waals surface area (Å²) in [6, 6.07) is 7.96. The van der Waals surface area contributed by atoms with E-state index in [1.54, 1.807) is 6.92 Å². The maximum absolute atomic E-state index is 12.0. The smallest absolute Gasteiger partial charge is 0.315 e. The van der Waals surface area contributed by atoms with E-state index in [0.717, 1.165) is 11.3 Å². The summed E-state index contributed by atoms with van der Waals surface area (Å²) in [5, 5.41) is 10.5. The van der Waals surface area contributed by atoms with Crippen molar-refractivity contribution in [3.05, 3.63) is 35.7 Å². The first-order valence-electron chi connectivity index (χ1n) is 7.46. The lowest BCUT2D eigenvalue weighted by Crippen LogP contribution is -2.26. The largest absolute Gasteiger partial charge is 0.494 e. The highest BCUT2D eigenvalue weighted by Crippen LogP contribution is 2.17. The highest BCUT2D eigenvalue weighted by molar-refractivity contribution is 5.73. The molecule has 0 aliphatic rings. The van der Waals surface area contributed by atoms with Crippen molar-refractivity contribution in [1.82, 2.24) is 10.2 Å². The van der Waals surface area contributed by atoms with Crippen molar-refractivity contribution in [2.45, 2.75) is 20.3 Å². The zero-order chi connectivity index (χ0) is 16.7. The van der Waals surface area contributed by atoms with Gasteiger partial charge in [0.1, 0.15) is 5.75 Å². The lowest BCUT2D eigenvalue weighted by atomic mass is 9.99. The number of ether oxygens (including phenoxy) is 2. The number of methoxy groups -OCH3 is 1. The highest BCUT2D eigenvalue weighted by atomic mass is 16.5. The molecular weight excluding hydrogens is 298 g/mol. The maximum atomic E-state index is 12.0. The Morgan fingerprint density at radius 3 is 2.61 bits per heavy atom. The van der Waals surface area contributed by atoms with Gasteiger partial charge >= 0.3 is 12.0 Å². The predicted octanol–water partition coefficient (Wildman–Crippen LogP) is 2.22. The van der Waals surface area contributed by atoms with Gasteiger partial charge in [-0.05, 0) is 31.0 Å². The minimum atomic E-state index is -0.356. The van der Waals surface area contributed by atoms with E-state index in [9.17, 15) is 4.79 Å².